The van der Waals surface area contributed by atoms with Crippen LogP contribution in [0.15, 0.2) is 48.5 Å². The molecule has 0 radical (unpaired) electrons. The van der Waals surface area contributed by atoms with E-state index in [1.165, 1.54) is 32.9 Å². The van der Waals surface area contributed by atoms with E-state index in [9.17, 15) is 18.4 Å². The first-order chi connectivity index (χ1) is 20.6. The molecule has 10 nitrogen and oxygen atoms in total. The largest absolute Gasteiger partial charge is 0.493 e. The quantitative estimate of drug-likeness (QED) is 0.213. The third kappa shape index (κ3) is 5.97. The monoisotopic (exact) mass is 608 g/mol. The van der Waals surface area contributed by atoms with Gasteiger partial charge in [0.05, 0.1) is 42.9 Å². The normalized spacial score (nSPS) is 11.0. The fourth-order valence-corrected chi connectivity index (χ4v) is 5.28. The maximum atomic E-state index is 13.5. The number of carbonyl (C=O) groups is 2. The molecule has 2 aromatic heterocycles. The van der Waals surface area contributed by atoms with E-state index in [0.717, 1.165) is 29.0 Å². The van der Waals surface area contributed by atoms with Crippen LogP contribution in [-0.4, -0.2) is 54.5 Å². The lowest BCUT2D eigenvalue weighted by Crippen LogP contribution is -2.20. The molecule has 5 rings (SSSR count). The molecule has 0 fully saturated rings. The van der Waals surface area contributed by atoms with Crippen LogP contribution in [0.3, 0.4) is 0 Å². The van der Waals surface area contributed by atoms with Crippen LogP contribution in [0.4, 0.5) is 13.9 Å². The molecule has 13 heteroatoms. The Kier molecular flexibility index (Phi) is 8.26. The summed E-state index contributed by atoms with van der Waals surface area (Å²) < 4.78 is 50.8. The van der Waals surface area contributed by atoms with E-state index in [1.807, 2.05) is 13.0 Å². The SMILES string of the molecule is COc1cc(-c2cc(-c3ccc(C)c(OCC(=O)Nc4nc5cc(F)c(F)cc5s4)c3)n(C(C)=O)n2)cc(OC)c1OC. The second-order valence-corrected chi connectivity index (χ2v) is 10.4. The average Bonchev–Trinajstić information content (AvgIpc) is 3.60. The predicted octanol–water partition coefficient (Wildman–Crippen LogP) is 6.12. The van der Waals surface area contributed by atoms with Crippen LogP contribution in [0.1, 0.15) is 17.3 Å². The summed E-state index contributed by atoms with van der Waals surface area (Å²) in [6.07, 6.45) is 0. The minimum absolute atomic E-state index is 0.184. The number of benzene rings is 3. The number of aryl methyl sites for hydroxylation is 1. The number of carbonyl (C=O) groups excluding carboxylic acids is 2. The van der Waals surface area contributed by atoms with Crippen molar-refractivity contribution < 1.29 is 37.3 Å². The number of hydrogen-bond donors (Lipinski definition) is 1. The van der Waals surface area contributed by atoms with E-state index >= 15 is 0 Å². The predicted molar refractivity (Wildman–Crippen MR) is 157 cm³/mol. The summed E-state index contributed by atoms with van der Waals surface area (Å²) in [6.45, 7) is 2.86. The highest BCUT2D eigenvalue weighted by atomic mass is 32.1. The lowest BCUT2D eigenvalue weighted by atomic mass is 10.1. The molecule has 43 heavy (non-hydrogen) atoms. The first-order valence-corrected chi connectivity index (χ1v) is 13.6. The summed E-state index contributed by atoms with van der Waals surface area (Å²) in [7, 11) is 4.53. The van der Waals surface area contributed by atoms with Gasteiger partial charge in [-0.05, 0) is 42.8 Å². The van der Waals surface area contributed by atoms with Gasteiger partial charge in [0.1, 0.15) is 5.75 Å². The molecular weight excluding hydrogens is 582 g/mol. The van der Waals surface area contributed by atoms with Crippen LogP contribution in [0, 0.1) is 18.6 Å². The van der Waals surface area contributed by atoms with Crippen molar-refractivity contribution in [1.82, 2.24) is 14.8 Å². The Balaban J connectivity index is 1.39. The van der Waals surface area contributed by atoms with Crippen molar-refractivity contribution in [3.05, 3.63) is 65.7 Å². The van der Waals surface area contributed by atoms with Crippen LogP contribution in [0.5, 0.6) is 23.0 Å². The Bertz CT molecular complexity index is 1810. The van der Waals surface area contributed by atoms with Crippen LogP contribution in [0.2, 0.25) is 0 Å². The Hall–Kier alpha value is -5.04. The number of methoxy groups -OCH3 is 3. The summed E-state index contributed by atoms with van der Waals surface area (Å²) in [5.74, 6) is -1.13. The number of rotatable bonds is 9. The third-order valence-corrected chi connectivity index (χ3v) is 7.42. The average molecular weight is 609 g/mol. The van der Waals surface area contributed by atoms with Crippen molar-refractivity contribution in [2.75, 3.05) is 33.3 Å². The number of anilines is 1. The second-order valence-electron chi connectivity index (χ2n) is 9.33. The molecule has 0 aliphatic rings. The van der Waals surface area contributed by atoms with Crippen LogP contribution in [0.25, 0.3) is 32.7 Å². The molecule has 2 heterocycles. The number of thiazole rings is 1. The van der Waals surface area contributed by atoms with E-state index in [-0.39, 0.29) is 23.2 Å². The van der Waals surface area contributed by atoms with E-state index in [2.05, 4.69) is 15.4 Å². The summed E-state index contributed by atoms with van der Waals surface area (Å²) in [5.41, 5.74) is 3.23. The number of nitrogens with one attached hydrogen (secondary N) is 1. The van der Waals surface area contributed by atoms with Crippen LogP contribution in [-0.2, 0) is 4.79 Å². The zero-order valence-electron chi connectivity index (χ0n) is 23.8. The second kappa shape index (κ2) is 12.1. The molecule has 1 N–H and O–H groups in total. The number of aromatic nitrogens is 3. The Labute approximate surface area is 248 Å². The van der Waals surface area contributed by atoms with Crippen molar-refractivity contribution in [1.29, 1.82) is 0 Å². The van der Waals surface area contributed by atoms with Crippen molar-refractivity contribution in [3.8, 4) is 45.5 Å². The van der Waals surface area contributed by atoms with Crippen molar-refractivity contribution in [2.45, 2.75) is 13.8 Å². The van der Waals surface area contributed by atoms with Gasteiger partial charge in [-0.15, -0.1) is 0 Å². The topological polar surface area (TPSA) is 114 Å². The van der Waals surface area contributed by atoms with Gasteiger partial charge in [-0.2, -0.15) is 9.78 Å². The molecule has 0 aliphatic carbocycles. The molecule has 0 spiro atoms. The fraction of sp³-hybridized carbons (Fsp3) is 0.200. The number of amides is 1. The standard InChI is InChI=1S/C30H26F2N4O6S/c1-15-6-7-17(8-24(15)42-14-28(38)34-30-33-22-11-19(31)20(32)12-27(22)43-30)23-13-21(35-36(23)16(2)37)18-9-25(39-3)29(41-5)26(10-18)40-4/h6-13H,14H2,1-5H3,(H,33,34,38). The minimum Gasteiger partial charge on any atom is -0.493 e. The lowest BCUT2D eigenvalue weighted by molar-refractivity contribution is -0.118. The zero-order valence-corrected chi connectivity index (χ0v) is 24.6. The summed E-state index contributed by atoms with van der Waals surface area (Å²) in [6, 6.07) is 12.6. The van der Waals surface area contributed by atoms with E-state index < -0.39 is 17.5 Å². The maximum absolute atomic E-state index is 13.5. The number of hydrogen-bond acceptors (Lipinski definition) is 9. The molecule has 5 aromatic rings. The lowest BCUT2D eigenvalue weighted by Gasteiger charge is -2.13. The first-order valence-electron chi connectivity index (χ1n) is 12.8. The third-order valence-electron chi connectivity index (χ3n) is 6.49. The van der Waals surface area contributed by atoms with Gasteiger partial charge in [-0.3, -0.25) is 14.9 Å². The van der Waals surface area contributed by atoms with Crippen LogP contribution < -0.4 is 24.3 Å². The van der Waals surface area contributed by atoms with E-state index in [0.29, 0.717) is 50.2 Å². The van der Waals surface area contributed by atoms with Gasteiger partial charge in [0.15, 0.2) is 34.9 Å². The molecular formula is C30H26F2N4O6S. The van der Waals surface area contributed by atoms with Gasteiger partial charge in [0.2, 0.25) is 11.7 Å². The van der Waals surface area contributed by atoms with E-state index in [1.54, 1.807) is 30.3 Å². The highest BCUT2D eigenvalue weighted by Crippen LogP contribution is 2.41. The molecule has 0 aliphatic heterocycles. The van der Waals surface area contributed by atoms with Crippen molar-refractivity contribution >= 4 is 38.5 Å². The number of fused-ring (bicyclic) bond motifs is 1. The summed E-state index contributed by atoms with van der Waals surface area (Å²) in [5, 5.41) is 7.30. The van der Waals surface area contributed by atoms with Gasteiger partial charge in [0, 0.05) is 24.1 Å². The van der Waals surface area contributed by atoms with Crippen molar-refractivity contribution in [3.63, 3.8) is 0 Å². The summed E-state index contributed by atoms with van der Waals surface area (Å²) >= 11 is 1.01. The Morgan fingerprint density at radius 2 is 1.58 bits per heavy atom. The van der Waals surface area contributed by atoms with Gasteiger partial charge in [-0.25, -0.2) is 13.8 Å². The minimum atomic E-state index is -1.02. The van der Waals surface area contributed by atoms with Gasteiger partial charge < -0.3 is 18.9 Å². The molecule has 222 valence electrons. The molecule has 0 saturated carbocycles. The smallest absolute Gasteiger partial charge is 0.264 e. The number of ether oxygens (including phenoxy) is 4. The van der Waals surface area contributed by atoms with E-state index in [4.69, 9.17) is 18.9 Å². The van der Waals surface area contributed by atoms with Crippen molar-refractivity contribution in [2.24, 2.45) is 0 Å². The molecule has 0 atom stereocenters. The maximum Gasteiger partial charge on any atom is 0.264 e. The summed E-state index contributed by atoms with van der Waals surface area (Å²) in [4.78, 5) is 29.3. The molecule has 0 bridgehead atoms. The van der Waals surface area contributed by atoms with Gasteiger partial charge in [-0.1, -0.05) is 23.5 Å². The molecule has 0 saturated heterocycles. The van der Waals surface area contributed by atoms with Gasteiger partial charge in [0.25, 0.3) is 5.91 Å². The molecule has 0 unspecified atom stereocenters. The van der Waals surface area contributed by atoms with Crippen LogP contribution >= 0.6 is 11.3 Å². The molecule has 1 amide bonds. The molecule has 3 aromatic carbocycles. The highest BCUT2D eigenvalue weighted by Gasteiger charge is 2.20. The fourth-order valence-electron chi connectivity index (χ4n) is 4.39. The Morgan fingerprint density at radius 1 is 0.907 bits per heavy atom. The zero-order chi connectivity index (χ0) is 30.8. The Morgan fingerprint density at radius 3 is 2.23 bits per heavy atom. The number of halogens is 2. The highest BCUT2D eigenvalue weighted by molar-refractivity contribution is 7.22. The first kappa shape index (κ1) is 29.5. The van der Waals surface area contributed by atoms with Gasteiger partial charge >= 0.3 is 0 Å². The number of nitrogens with zero attached hydrogens (tertiary/aromatic N) is 3.